The summed E-state index contributed by atoms with van der Waals surface area (Å²) in [5.74, 6) is 0.595. The predicted molar refractivity (Wildman–Crippen MR) is 139 cm³/mol. The first-order valence-electron chi connectivity index (χ1n) is 11.5. The lowest BCUT2D eigenvalue weighted by atomic mass is 10.1. The van der Waals surface area contributed by atoms with Gasteiger partial charge in [-0.05, 0) is 41.8 Å². The maximum atomic E-state index is 11.6. The molecular weight excluding hydrogens is 500 g/mol. The van der Waals surface area contributed by atoms with E-state index in [9.17, 15) is 13.0 Å². The predicted octanol–water partition coefficient (Wildman–Crippen LogP) is 6.11. The molecule has 36 heavy (non-hydrogen) atoms. The topological polar surface area (TPSA) is 97.4 Å². The zero-order chi connectivity index (χ0) is 25.3. The Balaban J connectivity index is 1.55. The highest BCUT2D eigenvalue weighted by Crippen LogP contribution is 2.26. The third-order valence-electron chi connectivity index (χ3n) is 5.96. The third-order valence-corrected chi connectivity index (χ3v) is 6.90. The van der Waals surface area contributed by atoms with Crippen molar-refractivity contribution < 1.29 is 26.4 Å². The van der Waals surface area contributed by atoms with Gasteiger partial charge in [-0.1, -0.05) is 60.5 Å². The third kappa shape index (κ3) is 5.36. The molecule has 0 spiro atoms. The molecule has 0 aliphatic rings. The van der Waals surface area contributed by atoms with Crippen LogP contribution in [0.2, 0.25) is 5.02 Å². The molecule has 0 saturated carbocycles. The summed E-state index contributed by atoms with van der Waals surface area (Å²) in [5.41, 5.74) is 5.68. The highest BCUT2D eigenvalue weighted by atomic mass is 35.5. The Labute approximate surface area is 213 Å². The smallest absolute Gasteiger partial charge is 0.374 e. The maximum absolute atomic E-state index is 11.6. The molecule has 2 aromatic heterocycles. The van der Waals surface area contributed by atoms with Crippen molar-refractivity contribution in [1.82, 2.24) is 4.98 Å². The zero-order valence-electron chi connectivity index (χ0n) is 19.5. The van der Waals surface area contributed by atoms with Gasteiger partial charge in [-0.25, -0.2) is 4.98 Å². The minimum atomic E-state index is -4.17. The fraction of sp³-hybridized carbons (Fsp3) is 0.185. The monoisotopic (exact) mass is 523 g/mol. The van der Waals surface area contributed by atoms with Crippen molar-refractivity contribution in [1.29, 1.82) is 0 Å². The first-order chi connectivity index (χ1) is 17.3. The molecule has 0 atom stereocenters. The quantitative estimate of drug-likeness (QED) is 0.195. The average Bonchev–Trinajstić information content (AvgIpc) is 3.41. The molecule has 0 unspecified atom stereocenters. The van der Waals surface area contributed by atoms with Crippen LogP contribution in [0.25, 0.3) is 39.4 Å². The fourth-order valence-electron chi connectivity index (χ4n) is 4.13. The summed E-state index contributed by atoms with van der Waals surface area (Å²) in [6.45, 7) is 2.05. The summed E-state index contributed by atoms with van der Waals surface area (Å²) >= 11 is 6.07. The number of allylic oxidation sites excluding steroid dienone is 1. The molecule has 9 heteroatoms. The fourth-order valence-corrected chi connectivity index (χ4v) is 4.71. The summed E-state index contributed by atoms with van der Waals surface area (Å²) < 4.78 is 46.3. The van der Waals surface area contributed by atoms with E-state index in [0.29, 0.717) is 46.3 Å². The van der Waals surface area contributed by atoms with Gasteiger partial charge in [0.25, 0.3) is 15.6 Å². The molecule has 184 valence electrons. The lowest BCUT2D eigenvalue weighted by Gasteiger charge is -2.01. The standard InChI is InChI=1S/C27H23ClN2O5S/c1-2-18(14-26-29-22-17-21(28)9-11-24(22)34-26)15-27-30(12-13-36(31,32)33)23-16-20(8-10-25(23)35-27)19-6-4-3-5-7-19/h3-11,15-17H,2,12-14H2,1H3/p+1. The lowest BCUT2D eigenvalue weighted by molar-refractivity contribution is -0.673. The number of fused-ring (bicyclic) bond motifs is 2. The highest BCUT2D eigenvalue weighted by molar-refractivity contribution is 7.85. The van der Waals surface area contributed by atoms with Crippen molar-refractivity contribution in [3.63, 3.8) is 0 Å². The van der Waals surface area contributed by atoms with Gasteiger partial charge in [-0.15, -0.1) is 0 Å². The number of aromatic nitrogens is 2. The van der Waals surface area contributed by atoms with E-state index in [1.807, 2.05) is 61.5 Å². The van der Waals surface area contributed by atoms with E-state index in [4.69, 9.17) is 20.4 Å². The van der Waals surface area contributed by atoms with Gasteiger partial charge in [0, 0.05) is 17.5 Å². The van der Waals surface area contributed by atoms with Crippen LogP contribution in [0, 0.1) is 0 Å². The minimum absolute atomic E-state index is 0.0360. The van der Waals surface area contributed by atoms with E-state index in [0.717, 1.165) is 22.2 Å². The number of benzene rings is 3. The van der Waals surface area contributed by atoms with Gasteiger partial charge in [0.15, 0.2) is 18.0 Å². The number of hydrogen-bond acceptors (Lipinski definition) is 5. The van der Waals surface area contributed by atoms with Crippen LogP contribution < -0.4 is 4.57 Å². The summed E-state index contributed by atoms with van der Waals surface area (Å²) in [4.78, 5) is 4.54. The van der Waals surface area contributed by atoms with Crippen LogP contribution in [0.5, 0.6) is 0 Å². The molecule has 0 aliphatic heterocycles. The first kappa shape index (κ1) is 24.2. The summed E-state index contributed by atoms with van der Waals surface area (Å²) in [6, 6.07) is 21.0. The van der Waals surface area contributed by atoms with E-state index in [1.165, 1.54) is 0 Å². The van der Waals surface area contributed by atoms with E-state index in [1.54, 1.807) is 22.8 Å². The average molecular weight is 524 g/mol. The Bertz CT molecular complexity index is 1690. The van der Waals surface area contributed by atoms with Crippen molar-refractivity contribution in [3.8, 4) is 11.1 Å². The van der Waals surface area contributed by atoms with Gasteiger partial charge in [-0.2, -0.15) is 13.0 Å². The van der Waals surface area contributed by atoms with Crippen LogP contribution >= 0.6 is 11.6 Å². The van der Waals surface area contributed by atoms with E-state index < -0.39 is 15.9 Å². The zero-order valence-corrected chi connectivity index (χ0v) is 21.1. The summed E-state index contributed by atoms with van der Waals surface area (Å²) in [7, 11) is -4.17. The molecule has 0 fully saturated rings. The van der Waals surface area contributed by atoms with Crippen molar-refractivity contribution in [2.45, 2.75) is 26.3 Å². The maximum Gasteiger partial charge on any atom is 0.374 e. The largest absolute Gasteiger partial charge is 0.440 e. The van der Waals surface area contributed by atoms with Crippen LogP contribution in [-0.4, -0.2) is 23.7 Å². The number of oxazole rings is 2. The molecule has 0 bridgehead atoms. The molecule has 7 nitrogen and oxygen atoms in total. The first-order valence-corrected chi connectivity index (χ1v) is 13.5. The molecule has 1 N–H and O–H groups in total. The second-order valence-corrected chi connectivity index (χ2v) is 10.5. The van der Waals surface area contributed by atoms with Crippen molar-refractivity contribution >= 4 is 50.0 Å². The highest BCUT2D eigenvalue weighted by Gasteiger charge is 2.24. The summed E-state index contributed by atoms with van der Waals surface area (Å²) in [5, 5.41) is 0.589. The van der Waals surface area contributed by atoms with Crippen molar-refractivity contribution in [3.05, 3.63) is 89.1 Å². The Kier molecular flexibility index (Phi) is 6.66. The number of nitrogens with zero attached hydrogens (tertiary/aromatic N) is 2. The van der Waals surface area contributed by atoms with E-state index in [-0.39, 0.29) is 6.54 Å². The second-order valence-electron chi connectivity index (χ2n) is 8.48. The van der Waals surface area contributed by atoms with Gasteiger partial charge in [0.05, 0.1) is 6.08 Å². The van der Waals surface area contributed by atoms with Crippen LogP contribution in [0.3, 0.4) is 0 Å². The number of aryl methyl sites for hydroxylation is 1. The van der Waals surface area contributed by atoms with Crippen LogP contribution in [0.4, 0.5) is 0 Å². The normalized spacial score (nSPS) is 12.6. The number of rotatable bonds is 8. The lowest BCUT2D eigenvalue weighted by Crippen LogP contribution is -2.38. The van der Waals surface area contributed by atoms with Crippen molar-refractivity contribution in [2.24, 2.45) is 0 Å². The molecule has 2 heterocycles. The molecule has 0 amide bonds. The minimum Gasteiger partial charge on any atom is -0.440 e. The Morgan fingerprint density at radius 2 is 1.81 bits per heavy atom. The Hall–Kier alpha value is -3.46. The van der Waals surface area contributed by atoms with Crippen LogP contribution in [-0.2, 0) is 23.1 Å². The number of halogens is 1. The van der Waals surface area contributed by atoms with Crippen molar-refractivity contribution in [2.75, 3.05) is 5.75 Å². The number of hydrogen-bond donors (Lipinski definition) is 1. The SMILES string of the molecule is CCC(=Cc1oc2ccc(-c3ccccc3)cc2[n+]1CCS(=O)(=O)O)Cc1nc2cc(Cl)ccc2o1. The molecular formula is C27H24ClN2O5S+. The van der Waals surface area contributed by atoms with Gasteiger partial charge in [0.1, 0.15) is 11.3 Å². The molecule has 0 aliphatic carbocycles. The van der Waals surface area contributed by atoms with Crippen LogP contribution in [0.1, 0.15) is 25.1 Å². The molecule has 0 saturated heterocycles. The molecule has 0 radical (unpaired) electrons. The molecule has 5 rings (SSSR count). The van der Waals surface area contributed by atoms with Gasteiger partial charge < -0.3 is 8.83 Å². The second kappa shape index (κ2) is 9.89. The van der Waals surface area contributed by atoms with E-state index >= 15 is 0 Å². The van der Waals surface area contributed by atoms with Crippen LogP contribution in [0.15, 0.2) is 81.1 Å². The van der Waals surface area contributed by atoms with Gasteiger partial charge in [-0.3, -0.25) is 4.55 Å². The molecule has 5 aromatic rings. The Morgan fingerprint density at radius 1 is 1.03 bits per heavy atom. The van der Waals surface area contributed by atoms with Gasteiger partial charge in [0.2, 0.25) is 5.58 Å². The van der Waals surface area contributed by atoms with E-state index in [2.05, 4.69) is 4.98 Å². The summed E-state index contributed by atoms with van der Waals surface area (Å²) in [6.07, 6.45) is 3.03. The molecule has 3 aromatic carbocycles. The van der Waals surface area contributed by atoms with Gasteiger partial charge >= 0.3 is 5.89 Å². The Morgan fingerprint density at radius 3 is 2.56 bits per heavy atom.